The Hall–Kier alpha value is -2.00. The van der Waals surface area contributed by atoms with E-state index in [0.29, 0.717) is 12.0 Å². The molecule has 0 bridgehead atoms. The van der Waals surface area contributed by atoms with Gasteiger partial charge in [0.1, 0.15) is 5.75 Å². The maximum absolute atomic E-state index is 5.38. The Labute approximate surface area is 146 Å². The molecular weight excluding hydrogens is 310 g/mol. The average molecular weight is 338 g/mol. The topological polar surface area (TPSA) is 21.3 Å². The van der Waals surface area contributed by atoms with Crippen LogP contribution in [0.15, 0.2) is 60.3 Å². The highest BCUT2D eigenvalue weighted by atomic mass is 28.3. The maximum atomic E-state index is 5.38. The lowest BCUT2D eigenvalue weighted by Gasteiger charge is -2.23. The molecule has 0 saturated carbocycles. The molecule has 0 aromatic heterocycles. The van der Waals surface area contributed by atoms with Crippen LogP contribution in [0.5, 0.6) is 5.75 Å². The normalized spacial score (nSPS) is 18.2. The molecule has 0 radical (unpaired) electrons. The largest absolute Gasteiger partial charge is 0.497 e. The highest BCUT2D eigenvalue weighted by Crippen LogP contribution is 2.36. The minimum atomic E-state index is -1.23. The molecule has 1 heterocycles. The fourth-order valence-electron chi connectivity index (χ4n) is 3.26. The van der Waals surface area contributed by atoms with E-state index in [4.69, 9.17) is 4.74 Å². The molecule has 3 rings (SSSR count). The Morgan fingerprint density at radius 1 is 1.12 bits per heavy atom. The second-order valence-electron chi connectivity index (χ2n) is 7.64. The molecule has 0 saturated heterocycles. The van der Waals surface area contributed by atoms with E-state index in [0.717, 1.165) is 12.2 Å². The van der Waals surface area contributed by atoms with Crippen molar-refractivity contribution in [2.45, 2.75) is 38.0 Å². The summed E-state index contributed by atoms with van der Waals surface area (Å²) < 4.78 is 5.38. The van der Waals surface area contributed by atoms with Gasteiger partial charge in [0.05, 0.1) is 15.2 Å². The molecule has 2 aromatic carbocycles. The number of methoxy groups -OCH3 is 1. The molecule has 0 aliphatic carbocycles. The van der Waals surface area contributed by atoms with Gasteiger partial charge in [-0.1, -0.05) is 61.7 Å². The third-order valence-electron chi connectivity index (χ3n) is 4.51. The first-order valence-corrected chi connectivity index (χ1v) is 12.2. The molecule has 24 heavy (non-hydrogen) atoms. The van der Waals surface area contributed by atoms with Gasteiger partial charge < -0.3 is 10.1 Å². The first kappa shape index (κ1) is 16.8. The second kappa shape index (κ2) is 6.86. The van der Waals surface area contributed by atoms with Crippen LogP contribution in [0.25, 0.3) is 0 Å². The van der Waals surface area contributed by atoms with Crippen LogP contribution in [-0.4, -0.2) is 21.2 Å². The van der Waals surface area contributed by atoms with Crippen LogP contribution in [0.2, 0.25) is 19.6 Å². The number of rotatable bonds is 5. The van der Waals surface area contributed by atoms with E-state index in [9.17, 15) is 0 Å². The highest BCUT2D eigenvalue weighted by molar-refractivity contribution is 6.80. The van der Waals surface area contributed by atoms with E-state index in [1.807, 2.05) is 6.07 Å². The maximum Gasteiger partial charge on any atom is 0.119 e. The predicted octanol–water partition coefficient (Wildman–Crippen LogP) is 5.25. The standard InChI is InChI=1S/C21H27NOSi/c1-23-18-10-11-20-17(14-18)15-21(22-20)19(12-13-24(2,3)4)16-8-6-5-7-9-16/h5-14,19,21-22H,15H2,1-4H3/b13-12+/t19-,21-/m0/s1. The molecule has 0 amide bonds. The summed E-state index contributed by atoms with van der Waals surface area (Å²) in [6.07, 6.45) is 3.46. The van der Waals surface area contributed by atoms with Crippen molar-refractivity contribution < 1.29 is 4.74 Å². The Morgan fingerprint density at radius 2 is 1.88 bits per heavy atom. The summed E-state index contributed by atoms with van der Waals surface area (Å²) in [6, 6.07) is 17.6. The summed E-state index contributed by atoms with van der Waals surface area (Å²) >= 11 is 0. The highest BCUT2D eigenvalue weighted by Gasteiger charge is 2.28. The van der Waals surface area contributed by atoms with Crippen molar-refractivity contribution in [3.63, 3.8) is 0 Å². The average Bonchev–Trinajstić information content (AvgIpc) is 2.97. The smallest absolute Gasteiger partial charge is 0.119 e. The zero-order valence-corrected chi connectivity index (χ0v) is 16.0. The van der Waals surface area contributed by atoms with Crippen molar-refractivity contribution in [2.75, 3.05) is 12.4 Å². The summed E-state index contributed by atoms with van der Waals surface area (Å²) in [7, 11) is 0.500. The number of ether oxygens (including phenoxy) is 1. The third-order valence-corrected chi connectivity index (χ3v) is 5.71. The minimum absolute atomic E-state index is 0.385. The van der Waals surface area contributed by atoms with Crippen LogP contribution in [-0.2, 0) is 6.42 Å². The molecule has 3 heteroatoms. The van der Waals surface area contributed by atoms with Gasteiger partial charge in [-0.2, -0.15) is 0 Å². The van der Waals surface area contributed by atoms with Crippen molar-refractivity contribution >= 4 is 13.8 Å². The van der Waals surface area contributed by atoms with Crippen molar-refractivity contribution in [2.24, 2.45) is 0 Å². The molecule has 1 aliphatic heterocycles. The minimum Gasteiger partial charge on any atom is -0.497 e. The number of hydrogen-bond acceptors (Lipinski definition) is 2. The molecule has 2 atom stereocenters. The molecule has 2 nitrogen and oxygen atoms in total. The lowest BCUT2D eigenvalue weighted by Crippen LogP contribution is -2.25. The lowest BCUT2D eigenvalue weighted by molar-refractivity contribution is 0.414. The summed E-state index contributed by atoms with van der Waals surface area (Å²) in [5.41, 5.74) is 6.43. The Balaban J connectivity index is 1.88. The molecule has 0 unspecified atom stereocenters. The number of benzene rings is 2. The van der Waals surface area contributed by atoms with Gasteiger partial charge in [0.2, 0.25) is 0 Å². The van der Waals surface area contributed by atoms with Crippen LogP contribution >= 0.6 is 0 Å². The van der Waals surface area contributed by atoms with Gasteiger partial charge >= 0.3 is 0 Å². The molecule has 126 valence electrons. The van der Waals surface area contributed by atoms with Crippen LogP contribution in [0.3, 0.4) is 0 Å². The summed E-state index contributed by atoms with van der Waals surface area (Å²) in [5, 5.41) is 3.73. The number of hydrogen-bond donors (Lipinski definition) is 1. The van der Waals surface area contributed by atoms with Gasteiger partial charge in [0, 0.05) is 17.6 Å². The van der Waals surface area contributed by atoms with Gasteiger partial charge in [-0.3, -0.25) is 0 Å². The molecular formula is C21H27NOSi. The first-order valence-electron chi connectivity index (χ1n) is 8.64. The van der Waals surface area contributed by atoms with Gasteiger partial charge in [0.15, 0.2) is 0 Å². The van der Waals surface area contributed by atoms with Gasteiger partial charge in [-0.25, -0.2) is 0 Å². The monoisotopic (exact) mass is 337 g/mol. The molecule has 0 fully saturated rings. The Kier molecular flexibility index (Phi) is 4.81. The van der Waals surface area contributed by atoms with Crippen molar-refractivity contribution in [1.29, 1.82) is 0 Å². The Morgan fingerprint density at radius 3 is 2.54 bits per heavy atom. The quantitative estimate of drug-likeness (QED) is 0.752. The van der Waals surface area contributed by atoms with E-state index in [1.54, 1.807) is 7.11 Å². The fraction of sp³-hybridized carbons (Fsp3) is 0.333. The molecule has 1 aliphatic rings. The van der Waals surface area contributed by atoms with Crippen LogP contribution in [0, 0.1) is 0 Å². The summed E-state index contributed by atoms with van der Waals surface area (Å²) in [6.45, 7) is 7.15. The lowest BCUT2D eigenvalue weighted by atomic mass is 9.90. The van der Waals surface area contributed by atoms with Gasteiger partial charge in [0.25, 0.3) is 0 Å². The Bertz CT molecular complexity index is 718. The summed E-state index contributed by atoms with van der Waals surface area (Å²) in [5.74, 6) is 1.32. The predicted molar refractivity (Wildman–Crippen MR) is 106 cm³/mol. The SMILES string of the molecule is COc1ccc2c(c1)C[C@@H]([C@@H](/C=C/[Si](C)(C)C)c1ccccc1)N2. The van der Waals surface area contributed by atoms with Gasteiger partial charge in [-0.15, -0.1) is 0 Å². The fourth-order valence-corrected chi connectivity index (χ4v) is 4.04. The van der Waals surface area contributed by atoms with Crippen LogP contribution in [0.1, 0.15) is 17.0 Å². The van der Waals surface area contributed by atoms with Crippen molar-refractivity contribution in [3.05, 3.63) is 71.4 Å². The number of fused-ring (bicyclic) bond motifs is 1. The number of nitrogens with one attached hydrogen (secondary N) is 1. The zero-order chi connectivity index (χ0) is 17.2. The molecule has 0 spiro atoms. The van der Waals surface area contributed by atoms with Crippen LogP contribution in [0.4, 0.5) is 5.69 Å². The van der Waals surface area contributed by atoms with E-state index in [-0.39, 0.29) is 0 Å². The third kappa shape index (κ3) is 3.90. The van der Waals surface area contributed by atoms with E-state index >= 15 is 0 Å². The first-order chi connectivity index (χ1) is 11.5. The number of anilines is 1. The van der Waals surface area contributed by atoms with Crippen molar-refractivity contribution in [1.82, 2.24) is 0 Å². The van der Waals surface area contributed by atoms with Gasteiger partial charge in [-0.05, 0) is 35.7 Å². The van der Waals surface area contributed by atoms with E-state index in [1.165, 1.54) is 16.8 Å². The van der Waals surface area contributed by atoms with Crippen molar-refractivity contribution in [3.8, 4) is 5.75 Å². The molecule has 1 N–H and O–H groups in total. The van der Waals surface area contributed by atoms with E-state index < -0.39 is 8.07 Å². The zero-order valence-electron chi connectivity index (χ0n) is 15.0. The molecule has 2 aromatic rings. The van der Waals surface area contributed by atoms with Crippen LogP contribution < -0.4 is 10.1 Å². The van der Waals surface area contributed by atoms with E-state index in [2.05, 4.69) is 79.2 Å². The summed E-state index contributed by atoms with van der Waals surface area (Å²) in [4.78, 5) is 0. The second-order valence-corrected chi connectivity index (χ2v) is 12.7.